The standard InChI is InChI=1S/C11H17N5O4/c1-6-13-15-8(16-14-6)5-7(9(17)18)12-10(19)20-11(2,3)4/h7H,5H2,1-4H3,(H,12,19)(H,17,18). The largest absolute Gasteiger partial charge is 0.480 e. The third kappa shape index (κ3) is 5.55. The van der Waals surface area contributed by atoms with Crippen molar-refractivity contribution in [2.24, 2.45) is 0 Å². The fraction of sp³-hybridized carbons (Fsp3) is 0.636. The van der Waals surface area contributed by atoms with E-state index < -0.39 is 23.7 Å². The van der Waals surface area contributed by atoms with Gasteiger partial charge < -0.3 is 15.2 Å². The van der Waals surface area contributed by atoms with Crippen molar-refractivity contribution >= 4 is 12.1 Å². The van der Waals surface area contributed by atoms with Crippen LogP contribution in [0.1, 0.15) is 32.4 Å². The predicted molar refractivity (Wildman–Crippen MR) is 66.9 cm³/mol. The maximum absolute atomic E-state index is 11.5. The Kier molecular flexibility index (Phi) is 4.89. The molecule has 0 saturated heterocycles. The summed E-state index contributed by atoms with van der Waals surface area (Å²) in [7, 11) is 0. The van der Waals surface area contributed by atoms with Gasteiger partial charge in [-0.2, -0.15) is 0 Å². The molecular formula is C11H17N5O4. The summed E-state index contributed by atoms with van der Waals surface area (Å²) in [4.78, 5) is 22.7. The minimum Gasteiger partial charge on any atom is -0.480 e. The molecule has 0 aromatic carbocycles. The number of aromatic nitrogens is 4. The fourth-order valence-electron chi connectivity index (χ4n) is 1.21. The molecule has 1 heterocycles. The lowest BCUT2D eigenvalue weighted by molar-refractivity contribution is -0.139. The molecule has 1 amide bonds. The second kappa shape index (κ2) is 6.22. The minimum atomic E-state index is -1.22. The van der Waals surface area contributed by atoms with Crippen LogP contribution < -0.4 is 5.32 Å². The summed E-state index contributed by atoms with van der Waals surface area (Å²) < 4.78 is 4.99. The monoisotopic (exact) mass is 283 g/mol. The quantitative estimate of drug-likeness (QED) is 0.796. The highest BCUT2D eigenvalue weighted by Gasteiger charge is 2.25. The second-order valence-electron chi connectivity index (χ2n) is 5.10. The van der Waals surface area contributed by atoms with E-state index in [9.17, 15) is 9.59 Å². The van der Waals surface area contributed by atoms with E-state index in [1.807, 2.05) is 0 Å². The third-order valence-corrected chi connectivity index (χ3v) is 2.00. The number of amides is 1. The van der Waals surface area contributed by atoms with Gasteiger partial charge in [0, 0.05) is 6.42 Å². The second-order valence-corrected chi connectivity index (χ2v) is 5.10. The van der Waals surface area contributed by atoms with Gasteiger partial charge >= 0.3 is 12.1 Å². The van der Waals surface area contributed by atoms with E-state index in [4.69, 9.17) is 9.84 Å². The van der Waals surface area contributed by atoms with E-state index >= 15 is 0 Å². The molecule has 1 atom stereocenters. The molecule has 0 aliphatic rings. The van der Waals surface area contributed by atoms with Crippen LogP contribution in [0.2, 0.25) is 0 Å². The fourth-order valence-corrected chi connectivity index (χ4v) is 1.21. The molecule has 0 aliphatic carbocycles. The van der Waals surface area contributed by atoms with Gasteiger partial charge in [-0.05, 0) is 27.7 Å². The van der Waals surface area contributed by atoms with Gasteiger partial charge in [0.1, 0.15) is 11.6 Å². The molecule has 0 radical (unpaired) electrons. The summed E-state index contributed by atoms with van der Waals surface area (Å²) in [6.45, 7) is 6.65. The van der Waals surface area contributed by atoms with E-state index in [0.29, 0.717) is 5.82 Å². The average Bonchev–Trinajstić information content (AvgIpc) is 2.28. The molecule has 0 aliphatic heterocycles. The highest BCUT2D eigenvalue weighted by atomic mass is 16.6. The number of carboxylic acids is 1. The minimum absolute atomic E-state index is 0.124. The van der Waals surface area contributed by atoms with Crippen LogP contribution in [0.3, 0.4) is 0 Å². The first kappa shape index (κ1) is 15.7. The number of nitrogens with one attached hydrogen (secondary N) is 1. The number of carbonyl (C=O) groups is 2. The van der Waals surface area contributed by atoms with Crippen molar-refractivity contribution < 1.29 is 19.4 Å². The van der Waals surface area contributed by atoms with Crippen molar-refractivity contribution in [3.63, 3.8) is 0 Å². The number of aliphatic carboxylic acids is 1. The summed E-state index contributed by atoms with van der Waals surface area (Å²) in [6, 6.07) is -1.21. The number of ether oxygens (including phenoxy) is 1. The predicted octanol–water partition coefficient (Wildman–Crippen LogP) is 0.0954. The van der Waals surface area contributed by atoms with Crippen LogP contribution >= 0.6 is 0 Å². The van der Waals surface area contributed by atoms with Gasteiger partial charge in [-0.3, -0.25) is 0 Å². The Morgan fingerprint density at radius 3 is 2.25 bits per heavy atom. The lowest BCUT2D eigenvalue weighted by Gasteiger charge is -2.21. The van der Waals surface area contributed by atoms with Gasteiger partial charge in [0.15, 0.2) is 11.6 Å². The first-order chi connectivity index (χ1) is 9.17. The smallest absolute Gasteiger partial charge is 0.408 e. The lowest BCUT2D eigenvalue weighted by atomic mass is 10.2. The Bertz CT molecular complexity index is 483. The van der Waals surface area contributed by atoms with Crippen molar-refractivity contribution in [2.45, 2.75) is 45.8 Å². The molecule has 2 N–H and O–H groups in total. The van der Waals surface area contributed by atoms with Gasteiger partial charge in [0.25, 0.3) is 0 Å². The summed E-state index contributed by atoms with van der Waals surface area (Å²) in [5, 5.41) is 26.1. The van der Waals surface area contributed by atoms with E-state index in [0.717, 1.165) is 0 Å². The lowest BCUT2D eigenvalue weighted by Crippen LogP contribution is -2.45. The van der Waals surface area contributed by atoms with Crippen molar-refractivity contribution in [3.8, 4) is 0 Å². The van der Waals surface area contributed by atoms with Gasteiger partial charge in [-0.15, -0.1) is 20.4 Å². The topological polar surface area (TPSA) is 127 Å². The number of rotatable bonds is 4. The highest BCUT2D eigenvalue weighted by Crippen LogP contribution is 2.07. The summed E-state index contributed by atoms with van der Waals surface area (Å²) >= 11 is 0. The molecule has 9 nitrogen and oxygen atoms in total. The molecule has 1 aromatic rings. The molecule has 0 spiro atoms. The van der Waals surface area contributed by atoms with Crippen LogP contribution in [-0.4, -0.2) is 49.2 Å². The Labute approximate surface area is 115 Å². The van der Waals surface area contributed by atoms with Crippen molar-refractivity contribution in [3.05, 3.63) is 11.6 Å². The third-order valence-electron chi connectivity index (χ3n) is 2.00. The molecule has 1 aromatic heterocycles. The van der Waals surface area contributed by atoms with Crippen LogP contribution in [0, 0.1) is 6.92 Å². The zero-order valence-corrected chi connectivity index (χ0v) is 11.7. The Balaban J connectivity index is 2.68. The molecule has 0 fully saturated rings. The van der Waals surface area contributed by atoms with Crippen molar-refractivity contribution in [1.82, 2.24) is 25.7 Å². The first-order valence-electron chi connectivity index (χ1n) is 5.92. The summed E-state index contributed by atoms with van der Waals surface area (Å²) in [5.74, 6) is -0.722. The molecule has 20 heavy (non-hydrogen) atoms. The van der Waals surface area contributed by atoms with Gasteiger partial charge in [-0.1, -0.05) is 0 Å². The van der Waals surface area contributed by atoms with Gasteiger partial charge in [-0.25, -0.2) is 9.59 Å². The molecule has 0 bridgehead atoms. The SMILES string of the molecule is Cc1nnc(CC(NC(=O)OC(C)(C)C)C(=O)O)nn1. The van der Waals surface area contributed by atoms with Crippen LogP contribution in [0.15, 0.2) is 0 Å². The van der Waals surface area contributed by atoms with Gasteiger partial charge in [0.2, 0.25) is 0 Å². The van der Waals surface area contributed by atoms with Crippen molar-refractivity contribution in [1.29, 1.82) is 0 Å². The van der Waals surface area contributed by atoms with Crippen molar-refractivity contribution in [2.75, 3.05) is 0 Å². The summed E-state index contributed by atoms with van der Waals surface area (Å²) in [6.07, 6.45) is -0.951. The molecule has 0 saturated carbocycles. The molecular weight excluding hydrogens is 266 g/mol. The number of hydrogen-bond acceptors (Lipinski definition) is 7. The zero-order chi connectivity index (χ0) is 15.3. The Morgan fingerprint density at radius 2 is 1.80 bits per heavy atom. The van der Waals surface area contributed by atoms with Crippen LogP contribution in [0.4, 0.5) is 4.79 Å². The highest BCUT2D eigenvalue weighted by molar-refractivity contribution is 5.80. The Morgan fingerprint density at radius 1 is 1.25 bits per heavy atom. The van der Waals surface area contributed by atoms with Crippen LogP contribution in [0.5, 0.6) is 0 Å². The number of nitrogens with zero attached hydrogens (tertiary/aromatic N) is 4. The summed E-state index contributed by atoms with van der Waals surface area (Å²) in [5.41, 5.74) is -0.712. The average molecular weight is 283 g/mol. The number of alkyl carbamates (subject to hydrolysis) is 1. The zero-order valence-electron chi connectivity index (χ0n) is 11.7. The van der Waals surface area contributed by atoms with Crippen LogP contribution in [0.25, 0.3) is 0 Å². The maximum atomic E-state index is 11.5. The van der Waals surface area contributed by atoms with E-state index in [2.05, 4.69) is 25.7 Å². The Hall–Kier alpha value is -2.32. The molecule has 9 heteroatoms. The number of carbonyl (C=O) groups excluding carboxylic acids is 1. The number of aryl methyl sites for hydroxylation is 1. The van der Waals surface area contributed by atoms with E-state index in [1.54, 1.807) is 27.7 Å². The number of hydrogen-bond donors (Lipinski definition) is 2. The van der Waals surface area contributed by atoms with E-state index in [-0.39, 0.29) is 12.2 Å². The maximum Gasteiger partial charge on any atom is 0.408 e. The molecule has 1 rings (SSSR count). The van der Waals surface area contributed by atoms with Gasteiger partial charge in [0.05, 0.1) is 0 Å². The van der Waals surface area contributed by atoms with E-state index in [1.165, 1.54) is 0 Å². The normalized spacial score (nSPS) is 12.6. The molecule has 110 valence electrons. The molecule has 1 unspecified atom stereocenters. The number of carboxylic acid groups (broad SMARTS) is 1. The first-order valence-corrected chi connectivity index (χ1v) is 5.92. The van der Waals surface area contributed by atoms with Crippen LogP contribution in [-0.2, 0) is 16.0 Å².